The van der Waals surface area contributed by atoms with E-state index in [1.165, 1.54) is 23.9 Å². The Balaban J connectivity index is 1.63. The van der Waals surface area contributed by atoms with E-state index in [9.17, 15) is 13.2 Å². The minimum absolute atomic E-state index is 0.391. The topological polar surface area (TPSA) is 30.7 Å². The Labute approximate surface area is 164 Å². The molecule has 0 N–H and O–H groups in total. The molecular formula is C21H16F3N3S. The quantitative estimate of drug-likeness (QED) is 0.398. The Morgan fingerprint density at radius 2 is 1.68 bits per heavy atom. The SMILES string of the molecule is FC(F)(F)c1cccc(CSc2nc3cccnc3n2Cc2ccccc2)c1. The van der Waals surface area contributed by atoms with Crippen LogP contribution in [0.3, 0.4) is 0 Å². The fourth-order valence-electron chi connectivity index (χ4n) is 2.94. The van der Waals surface area contributed by atoms with E-state index < -0.39 is 11.7 Å². The minimum Gasteiger partial charge on any atom is -0.299 e. The summed E-state index contributed by atoms with van der Waals surface area (Å²) < 4.78 is 40.8. The number of nitrogens with zero attached hydrogens (tertiary/aromatic N) is 3. The van der Waals surface area contributed by atoms with E-state index in [-0.39, 0.29) is 0 Å². The number of fused-ring (bicyclic) bond motifs is 1. The molecule has 0 radical (unpaired) electrons. The number of alkyl halides is 3. The third-order valence-electron chi connectivity index (χ3n) is 4.27. The molecule has 2 aromatic carbocycles. The van der Waals surface area contributed by atoms with E-state index in [4.69, 9.17) is 0 Å². The second-order valence-electron chi connectivity index (χ2n) is 6.30. The van der Waals surface area contributed by atoms with Gasteiger partial charge in [-0.1, -0.05) is 60.3 Å². The van der Waals surface area contributed by atoms with Crippen molar-refractivity contribution in [2.75, 3.05) is 0 Å². The first-order valence-electron chi connectivity index (χ1n) is 8.65. The highest BCUT2D eigenvalue weighted by Gasteiger charge is 2.30. The molecule has 2 aromatic heterocycles. The van der Waals surface area contributed by atoms with Crippen LogP contribution in [0, 0.1) is 0 Å². The van der Waals surface area contributed by atoms with Gasteiger partial charge in [-0.2, -0.15) is 13.2 Å². The van der Waals surface area contributed by atoms with Gasteiger partial charge in [0.15, 0.2) is 10.8 Å². The predicted molar refractivity (Wildman–Crippen MR) is 104 cm³/mol. The summed E-state index contributed by atoms with van der Waals surface area (Å²) in [4.78, 5) is 9.07. The Bertz CT molecular complexity index is 1090. The van der Waals surface area contributed by atoms with Crippen LogP contribution in [0.25, 0.3) is 11.2 Å². The van der Waals surface area contributed by atoms with Crippen molar-refractivity contribution in [2.24, 2.45) is 0 Å². The lowest BCUT2D eigenvalue weighted by atomic mass is 10.1. The average Bonchev–Trinajstić information content (AvgIpc) is 3.04. The molecule has 28 heavy (non-hydrogen) atoms. The summed E-state index contributed by atoms with van der Waals surface area (Å²) in [5, 5.41) is 0.731. The summed E-state index contributed by atoms with van der Waals surface area (Å²) in [7, 11) is 0. The van der Waals surface area contributed by atoms with Crippen molar-refractivity contribution in [1.29, 1.82) is 0 Å². The van der Waals surface area contributed by atoms with Crippen LogP contribution in [0.15, 0.2) is 78.1 Å². The lowest BCUT2D eigenvalue weighted by molar-refractivity contribution is -0.137. The van der Waals surface area contributed by atoms with E-state index >= 15 is 0 Å². The third-order valence-corrected chi connectivity index (χ3v) is 5.32. The van der Waals surface area contributed by atoms with Gasteiger partial charge in [0.2, 0.25) is 0 Å². The number of thioether (sulfide) groups is 1. The van der Waals surface area contributed by atoms with E-state index in [1.807, 2.05) is 47.0 Å². The smallest absolute Gasteiger partial charge is 0.299 e. The Morgan fingerprint density at radius 1 is 0.893 bits per heavy atom. The van der Waals surface area contributed by atoms with Crippen LogP contribution in [0.2, 0.25) is 0 Å². The summed E-state index contributed by atoms with van der Waals surface area (Å²) in [5.74, 6) is 0.391. The first kappa shape index (κ1) is 18.6. The fourth-order valence-corrected chi connectivity index (χ4v) is 3.89. The molecule has 3 nitrogen and oxygen atoms in total. The molecule has 142 valence electrons. The van der Waals surface area contributed by atoms with Gasteiger partial charge in [-0.25, -0.2) is 9.97 Å². The van der Waals surface area contributed by atoms with Gasteiger partial charge in [0.25, 0.3) is 0 Å². The van der Waals surface area contributed by atoms with Crippen molar-refractivity contribution >= 4 is 22.9 Å². The average molecular weight is 399 g/mol. The molecule has 4 rings (SSSR count). The maximum Gasteiger partial charge on any atom is 0.416 e. The Hall–Kier alpha value is -2.80. The number of halogens is 3. The van der Waals surface area contributed by atoms with E-state index in [2.05, 4.69) is 9.97 Å². The molecule has 0 saturated heterocycles. The molecule has 0 aliphatic heterocycles. The van der Waals surface area contributed by atoms with Crippen LogP contribution in [-0.2, 0) is 18.5 Å². The highest BCUT2D eigenvalue weighted by Crippen LogP contribution is 2.32. The highest BCUT2D eigenvalue weighted by molar-refractivity contribution is 7.98. The van der Waals surface area contributed by atoms with Crippen molar-refractivity contribution < 1.29 is 13.2 Å². The fraction of sp³-hybridized carbons (Fsp3) is 0.143. The molecule has 0 fully saturated rings. The molecule has 0 spiro atoms. The number of aromatic nitrogens is 3. The van der Waals surface area contributed by atoms with E-state index in [1.54, 1.807) is 12.3 Å². The van der Waals surface area contributed by atoms with Gasteiger partial charge in [-0.3, -0.25) is 4.57 Å². The van der Waals surface area contributed by atoms with Gasteiger partial charge >= 0.3 is 6.18 Å². The zero-order valence-electron chi connectivity index (χ0n) is 14.7. The van der Waals surface area contributed by atoms with E-state index in [0.717, 1.165) is 28.0 Å². The number of hydrogen-bond acceptors (Lipinski definition) is 3. The van der Waals surface area contributed by atoms with Crippen LogP contribution in [-0.4, -0.2) is 14.5 Å². The van der Waals surface area contributed by atoms with Crippen molar-refractivity contribution in [1.82, 2.24) is 14.5 Å². The summed E-state index contributed by atoms with van der Waals surface area (Å²) >= 11 is 1.41. The zero-order valence-corrected chi connectivity index (χ0v) is 15.5. The molecule has 0 saturated carbocycles. The zero-order chi connectivity index (χ0) is 19.6. The van der Waals surface area contributed by atoms with Crippen LogP contribution >= 0.6 is 11.8 Å². The summed E-state index contributed by atoms with van der Waals surface area (Å²) in [5.41, 5.74) is 2.60. The van der Waals surface area contributed by atoms with Crippen molar-refractivity contribution in [2.45, 2.75) is 23.6 Å². The lowest BCUT2D eigenvalue weighted by Crippen LogP contribution is -2.05. The Kier molecular flexibility index (Phi) is 5.09. The molecule has 0 unspecified atom stereocenters. The first-order chi connectivity index (χ1) is 13.5. The second kappa shape index (κ2) is 7.67. The minimum atomic E-state index is -4.34. The molecule has 0 atom stereocenters. The van der Waals surface area contributed by atoms with E-state index in [0.29, 0.717) is 17.9 Å². The predicted octanol–water partition coefficient (Wildman–Crippen LogP) is 5.79. The molecule has 0 aliphatic carbocycles. The number of rotatable bonds is 5. The molecule has 4 aromatic rings. The standard InChI is InChI=1S/C21H16F3N3S/c22-21(23,24)17-9-4-8-16(12-17)14-28-20-26-18-10-5-11-25-19(18)27(20)13-15-6-2-1-3-7-15/h1-12H,13-14H2. The van der Waals surface area contributed by atoms with Crippen LogP contribution in [0.5, 0.6) is 0 Å². The van der Waals surface area contributed by atoms with Crippen molar-refractivity contribution in [3.63, 3.8) is 0 Å². The Morgan fingerprint density at radius 3 is 2.46 bits per heavy atom. The molecule has 0 amide bonds. The van der Waals surface area contributed by atoms with Gasteiger partial charge in [0.05, 0.1) is 12.1 Å². The normalized spacial score (nSPS) is 11.8. The maximum atomic E-state index is 12.9. The molecule has 0 aliphatic rings. The summed E-state index contributed by atoms with van der Waals surface area (Å²) in [6.07, 6.45) is -2.63. The molecule has 0 bridgehead atoms. The first-order valence-corrected chi connectivity index (χ1v) is 9.63. The van der Waals surface area contributed by atoms with Gasteiger partial charge in [0, 0.05) is 11.9 Å². The van der Waals surface area contributed by atoms with Crippen LogP contribution in [0.4, 0.5) is 13.2 Å². The summed E-state index contributed by atoms with van der Waals surface area (Å²) in [6, 6.07) is 19.1. The summed E-state index contributed by atoms with van der Waals surface area (Å²) in [6.45, 7) is 0.597. The van der Waals surface area contributed by atoms with Gasteiger partial charge in [-0.15, -0.1) is 0 Å². The van der Waals surface area contributed by atoms with Crippen LogP contribution < -0.4 is 0 Å². The third kappa shape index (κ3) is 4.04. The number of hydrogen-bond donors (Lipinski definition) is 0. The van der Waals surface area contributed by atoms with Crippen molar-refractivity contribution in [3.05, 3.63) is 89.6 Å². The molecule has 2 heterocycles. The monoisotopic (exact) mass is 399 g/mol. The molecule has 7 heteroatoms. The van der Waals surface area contributed by atoms with Gasteiger partial charge < -0.3 is 0 Å². The maximum absolute atomic E-state index is 12.9. The largest absolute Gasteiger partial charge is 0.416 e. The van der Waals surface area contributed by atoms with Gasteiger partial charge in [-0.05, 0) is 29.3 Å². The highest BCUT2D eigenvalue weighted by atomic mass is 32.2. The number of benzene rings is 2. The van der Waals surface area contributed by atoms with Gasteiger partial charge in [0.1, 0.15) is 5.52 Å². The van der Waals surface area contributed by atoms with Crippen LogP contribution in [0.1, 0.15) is 16.7 Å². The molecular weight excluding hydrogens is 383 g/mol. The second-order valence-corrected chi connectivity index (χ2v) is 7.24. The number of pyridine rings is 1. The number of imidazole rings is 1. The lowest BCUT2D eigenvalue weighted by Gasteiger charge is -2.10. The van der Waals surface area contributed by atoms with Crippen molar-refractivity contribution in [3.8, 4) is 0 Å².